The summed E-state index contributed by atoms with van der Waals surface area (Å²) >= 11 is 0. The molecule has 13 heavy (non-hydrogen) atoms. The van der Waals surface area contributed by atoms with E-state index in [2.05, 4.69) is 5.32 Å². The van der Waals surface area contributed by atoms with Crippen LogP contribution in [0.15, 0.2) is 0 Å². The maximum absolute atomic E-state index is 11.3. The lowest BCUT2D eigenvalue weighted by molar-refractivity contribution is -0.148. The molecule has 1 heterocycles. The van der Waals surface area contributed by atoms with Gasteiger partial charge in [-0.05, 0) is 12.3 Å². The summed E-state index contributed by atoms with van der Waals surface area (Å²) in [7, 11) is 0. The Labute approximate surface area is 77.3 Å². The summed E-state index contributed by atoms with van der Waals surface area (Å²) in [5.41, 5.74) is 0. The number of aliphatic carboxylic acids is 1. The Morgan fingerprint density at radius 3 is 2.54 bits per heavy atom. The average molecular weight is 185 g/mol. The first-order valence-electron chi connectivity index (χ1n) is 4.54. The molecule has 2 unspecified atom stereocenters. The number of nitrogens with one attached hydrogen (secondary N) is 1. The lowest BCUT2D eigenvalue weighted by Gasteiger charge is -2.20. The van der Waals surface area contributed by atoms with Crippen molar-refractivity contribution in [3.05, 3.63) is 0 Å². The lowest BCUT2D eigenvalue weighted by atomic mass is 9.82. The fraction of sp³-hybridized carbons (Fsp3) is 0.778. The van der Waals surface area contributed by atoms with Gasteiger partial charge in [0.2, 0.25) is 5.91 Å². The minimum absolute atomic E-state index is 0.00588. The van der Waals surface area contributed by atoms with Crippen molar-refractivity contribution in [3.8, 4) is 0 Å². The molecule has 1 amide bonds. The van der Waals surface area contributed by atoms with Crippen LogP contribution in [-0.2, 0) is 9.59 Å². The molecule has 2 atom stereocenters. The van der Waals surface area contributed by atoms with E-state index < -0.39 is 11.9 Å². The van der Waals surface area contributed by atoms with Gasteiger partial charge in [-0.2, -0.15) is 0 Å². The molecule has 1 saturated heterocycles. The number of carboxylic acids is 1. The second-order valence-electron chi connectivity index (χ2n) is 3.79. The van der Waals surface area contributed by atoms with Crippen LogP contribution in [0.2, 0.25) is 0 Å². The SMILES string of the molecule is CC(C)C(C(=O)O)C1CCNC1=O. The Bertz CT molecular complexity index is 225. The third-order valence-corrected chi connectivity index (χ3v) is 2.53. The molecule has 2 N–H and O–H groups in total. The lowest BCUT2D eigenvalue weighted by Crippen LogP contribution is -2.33. The van der Waals surface area contributed by atoms with Crippen LogP contribution in [0.25, 0.3) is 0 Å². The summed E-state index contributed by atoms with van der Waals surface area (Å²) in [4.78, 5) is 22.1. The van der Waals surface area contributed by atoms with Crippen molar-refractivity contribution in [1.82, 2.24) is 5.32 Å². The summed E-state index contributed by atoms with van der Waals surface area (Å²) in [6.07, 6.45) is 0.647. The highest BCUT2D eigenvalue weighted by Gasteiger charge is 2.38. The summed E-state index contributed by atoms with van der Waals surface area (Å²) in [6.45, 7) is 4.29. The normalized spacial score (nSPS) is 24.5. The van der Waals surface area contributed by atoms with Crippen molar-refractivity contribution in [3.63, 3.8) is 0 Å². The second-order valence-corrected chi connectivity index (χ2v) is 3.79. The molecule has 1 aliphatic heterocycles. The fourth-order valence-electron chi connectivity index (χ4n) is 1.88. The molecule has 74 valence electrons. The Hall–Kier alpha value is -1.06. The van der Waals surface area contributed by atoms with Gasteiger partial charge in [0.05, 0.1) is 11.8 Å². The molecule has 0 aromatic carbocycles. The standard InChI is InChI=1S/C9H15NO3/c1-5(2)7(9(12)13)6-3-4-10-8(6)11/h5-7H,3-4H2,1-2H3,(H,10,11)(H,12,13). The van der Waals surface area contributed by atoms with Crippen LogP contribution in [0, 0.1) is 17.8 Å². The smallest absolute Gasteiger partial charge is 0.307 e. The number of hydrogen-bond acceptors (Lipinski definition) is 2. The van der Waals surface area contributed by atoms with Crippen molar-refractivity contribution < 1.29 is 14.7 Å². The van der Waals surface area contributed by atoms with Gasteiger partial charge in [-0.3, -0.25) is 9.59 Å². The minimum atomic E-state index is -0.864. The third kappa shape index (κ3) is 1.99. The number of carbonyl (C=O) groups excluding carboxylic acids is 1. The number of amides is 1. The molecule has 0 aromatic rings. The summed E-state index contributed by atoms with van der Waals surface area (Å²) < 4.78 is 0. The zero-order valence-corrected chi connectivity index (χ0v) is 7.91. The van der Waals surface area contributed by atoms with Crippen LogP contribution in [0.1, 0.15) is 20.3 Å². The number of carboxylic acid groups (broad SMARTS) is 1. The molecular formula is C9H15NO3. The van der Waals surface area contributed by atoms with Gasteiger partial charge in [0.1, 0.15) is 0 Å². The molecule has 0 aromatic heterocycles. The van der Waals surface area contributed by atoms with Gasteiger partial charge in [0, 0.05) is 6.54 Å². The van der Waals surface area contributed by atoms with Gasteiger partial charge in [-0.1, -0.05) is 13.8 Å². The van der Waals surface area contributed by atoms with Crippen molar-refractivity contribution in [2.24, 2.45) is 17.8 Å². The topological polar surface area (TPSA) is 66.4 Å². The number of carbonyl (C=O) groups is 2. The Kier molecular flexibility index (Phi) is 2.90. The van der Waals surface area contributed by atoms with Crippen LogP contribution >= 0.6 is 0 Å². The van der Waals surface area contributed by atoms with E-state index >= 15 is 0 Å². The van der Waals surface area contributed by atoms with E-state index in [1.807, 2.05) is 13.8 Å². The molecule has 4 heteroatoms. The molecule has 1 rings (SSSR count). The zero-order valence-electron chi connectivity index (χ0n) is 7.91. The van der Waals surface area contributed by atoms with E-state index in [1.165, 1.54) is 0 Å². The molecule has 0 saturated carbocycles. The van der Waals surface area contributed by atoms with Crippen LogP contribution in [0.3, 0.4) is 0 Å². The quantitative estimate of drug-likeness (QED) is 0.672. The van der Waals surface area contributed by atoms with E-state index in [9.17, 15) is 9.59 Å². The molecule has 1 aliphatic rings. The molecule has 0 radical (unpaired) electrons. The van der Waals surface area contributed by atoms with Crippen LogP contribution in [0.4, 0.5) is 0 Å². The highest BCUT2D eigenvalue weighted by atomic mass is 16.4. The minimum Gasteiger partial charge on any atom is -0.481 e. The van der Waals surface area contributed by atoms with Crippen molar-refractivity contribution in [1.29, 1.82) is 0 Å². The second kappa shape index (κ2) is 3.77. The summed E-state index contributed by atoms with van der Waals surface area (Å²) in [6, 6.07) is 0. The fourth-order valence-corrected chi connectivity index (χ4v) is 1.88. The average Bonchev–Trinajstić information content (AvgIpc) is 2.35. The van der Waals surface area contributed by atoms with Gasteiger partial charge in [0.25, 0.3) is 0 Å². The molecule has 0 bridgehead atoms. The van der Waals surface area contributed by atoms with Crippen molar-refractivity contribution >= 4 is 11.9 Å². The predicted molar refractivity (Wildman–Crippen MR) is 47.1 cm³/mol. The van der Waals surface area contributed by atoms with E-state index in [4.69, 9.17) is 5.11 Å². The van der Waals surface area contributed by atoms with E-state index in [-0.39, 0.29) is 17.7 Å². The van der Waals surface area contributed by atoms with E-state index in [0.717, 1.165) is 0 Å². The van der Waals surface area contributed by atoms with E-state index in [0.29, 0.717) is 13.0 Å². The Morgan fingerprint density at radius 2 is 2.23 bits per heavy atom. The van der Waals surface area contributed by atoms with Crippen molar-refractivity contribution in [2.75, 3.05) is 6.54 Å². The first-order valence-corrected chi connectivity index (χ1v) is 4.54. The number of hydrogen-bond donors (Lipinski definition) is 2. The molecular weight excluding hydrogens is 170 g/mol. The largest absolute Gasteiger partial charge is 0.481 e. The molecule has 1 fully saturated rings. The van der Waals surface area contributed by atoms with Gasteiger partial charge in [0.15, 0.2) is 0 Å². The Balaban J connectivity index is 2.75. The highest BCUT2D eigenvalue weighted by molar-refractivity contribution is 5.86. The highest BCUT2D eigenvalue weighted by Crippen LogP contribution is 2.26. The maximum atomic E-state index is 11.3. The monoisotopic (exact) mass is 185 g/mol. The van der Waals surface area contributed by atoms with Gasteiger partial charge < -0.3 is 10.4 Å². The first-order chi connectivity index (χ1) is 6.04. The molecule has 4 nitrogen and oxygen atoms in total. The zero-order chi connectivity index (χ0) is 10.0. The van der Waals surface area contributed by atoms with Crippen LogP contribution in [-0.4, -0.2) is 23.5 Å². The third-order valence-electron chi connectivity index (χ3n) is 2.53. The maximum Gasteiger partial charge on any atom is 0.307 e. The molecule has 0 aliphatic carbocycles. The van der Waals surface area contributed by atoms with Gasteiger partial charge >= 0.3 is 5.97 Å². The summed E-state index contributed by atoms with van der Waals surface area (Å²) in [5, 5.41) is 11.6. The molecule has 0 spiro atoms. The van der Waals surface area contributed by atoms with Gasteiger partial charge in [-0.25, -0.2) is 0 Å². The van der Waals surface area contributed by atoms with Crippen LogP contribution in [0.5, 0.6) is 0 Å². The summed E-state index contributed by atoms with van der Waals surface area (Å²) in [5.74, 6) is -1.84. The van der Waals surface area contributed by atoms with Crippen molar-refractivity contribution in [2.45, 2.75) is 20.3 Å². The number of rotatable bonds is 3. The van der Waals surface area contributed by atoms with Gasteiger partial charge in [-0.15, -0.1) is 0 Å². The van der Waals surface area contributed by atoms with E-state index in [1.54, 1.807) is 0 Å². The first kappa shape index (κ1) is 10.0. The Morgan fingerprint density at radius 1 is 1.62 bits per heavy atom. The van der Waals surface area contributed by atoms with Crippen LogP contribution < -0.4 is 5.32 Å². The predicted octanol–water partition coefficient (Wildman–Crippen LogP) is 0.479.